The molecule has 1 aliphatic rings. The molecule has 9 nitrogen and oxygen atoms in total. The summed E-state index contributed by atoms with van der Waals surface area (Å²) in [5.41, 5.74) is 0.782. The fraction of sp³-hybridized carbons (Fsp3) is 0.381. The number of ether oxygens (including phenoxy) is 2. The summed E-state index contributed by atoms with van der Waals surface area (Å²) in [5, 5.41) is 0. The molecule has 0 bridgehead atoms. The van der Waals surface area contributed by atoms with Gasteiger partial charge >= 0.3 is 5.69 Å². The Morgan fingerprint density at radius 2 is 2.00 bits per heavy atom. The van der Waals surface area contributed by atoms with Crippen molar-refractivity contribution in [1.29, 1.82) is 0 Å². The minimum atomic E-state index is -0.415. The van der Waals surface area contributed by atoms with Crippen molar-refractivity contribution >= 4 is 22.8 Å². The Hall–Kier alpha value is -3.49. The summed E-state index contributed by atoms with van der Waals surface area (Å²) in [5.74, 6) is 2.18. The summed E-state index contributed by atoms with van der Waals surface area (Å²) >= 11 is 0. The molecular formula is C21H25N5O4. The molecule has 0 amide bonds. The average Bonchev–Trinajstić information content (AvgIpc) is 3.13. The molecule has 3 heterocycles. The molecule has 30 heavy (non-hydrogen) atoms. The Labute approximate surface area is 173 Å². The van der Waals surface area contributed by atoms with Crippen molar-refractivity contribution in [3.8, 4) is 11.5 Å². The van der Waals surface area contributed by atoms with Gasteiger partial charge in [0, 0.05) is 32.7 Å². The zero-order valence-corrected chi connectivity index (χ0v) is 17.6. The Morgan fingerprint density at radius 3 is 2.67 bits per heavy atom. The van der Waals surface area contributed by atoms with Gasteiger partial charge in [-0.3, -0.25) is 13.9 Å². The lowest BCUT2D eigenvalue weighted by molar-refractivity contribution is 0.399. The molecule has 0 saturated heterocycles. The highest BCUT2D eigenvalue weighted by Crippen LogP contribution is 2.39. The number of rotatable bonds is 5. The van der Waals surface area contributed by atoms with Gasteiger partial charge in [0.15, 0.2) is 11.2 Å². The lowest BCUT2D eigenvalue weighted by atomic mass is 10.1. The van der Waals surface area contributed by atoms with Gasteiger partial charge in [-0.15, -0.1) is 6.58 Å². The maximum absolute atomic E-state index is 13.2. The fourth-order valence-corrected chi connectivity index (χ4v) is 4.01. The van der Waals surface area contributed by atoms with Gasteiger partial charge in [0.05, 0.1) is 19.9 Å². The van der Waals surface area contributed by atoms with Crippen LogP contribution in [-0.2, 0) is 20.1 Å². The maximum atomic E-state index is 13.2. The third-order valence-corrected chi connectivity index (χ3v) is 5.43. The third-order valence-electron chi connectivity index (χ3n) is 5.43. The second-order valence-electron chi connectivity index (χ2n) is 7.49. The molecule has 0 radical (unpaired) electrons. The van der Waals surface area contributed by atoms with E-state index in [1.807, 2.05) is 27.7 Å². The summed E-state index contributed by atoms with van der Waals surface area (Å²) in [6, 6.07) is 5.55. The second-order valence-corrected chi connectivity index (χ2v) is 7.49. The van der Waals surface area contributed by atoms with Crippen LogP contribution in [0.15, 0.2) is 40.4 Å². The molecule has 2 aromatic heterocycles. The topological polar surface area (TPSA) is 83.5 Å². The van der Waals surface area contributed by atoms with Gasteiger partial charge in [-0.05, 0) is 18.1 Å². The molecule has 0 N–H and O–H groups in total. The number of methoxy groups -OCH3 is 2. The zero-order valence-electron chi connectivity index (χ0n) is 17.6. The lowest BCUT2D eigenvalue weighted by Gasteiger charge is -2.33. The van der Waals surface area contributed by atoms with E-state index in [0.29, 0.717) is 41.7 Å². The van der Waals surface area contributed by atoms with E-state index >= 15 is 0 Å². The van der Waals surface area contributed by atoms with Gasteiger partial charge in [-0.25, -0.2) is 4.79 Å². The van der Waals surface area contributed by atoms with E-state index in [9.17, 15) is 9.59 Å². The summed E-state index contributed by atoms with van der Waals surface area (Å²) in [4.78, 5) is 32.6. The molecule has 158 valence electrons. The Balaban J connectivity index is 2.03. The second kappa shape index (κ2) is 7.40. The molecule has 0 saturated carbocycles. The first-order valence-electron chi connectivity index (χ1n) is 9.71. The SMILES string of the molecule is C=CCn1c(=O)c2c(nc3n2C[C@@H](C)CN3c2cc(OC)ccc2OC)n(C)c1=O. The van der Waals surface area contributed by atoms with Gasteiger partial charge in [-0.1, -0.05) is 13.0 Å². The predicted octanol–water partition coefficient (Wildman–Crippen LogP) is 1.89. The minimum absolute atomic E-state index is 0.144. The molecule has 9 heteroatoms. The Kier molecular flexibility index (Phi) is 4.89. The minimum Gasteiger partial charge on any atom is -0.497 e. The number of nitrogens with zero attached hydrogens (tertiary/aromatic N) is 5. The third kappa shape index (κ3) is 2.89. The van der Waals surface area contributed by atoms with Crippen LogP contribution in [0.3, 0.4) is 0 Å². The van der Waals surface area contributed by atoms with Crippen molar-refractivity contribution in [3.05, 3.63) is 51.7 Å². The van der Waals surface area contributed by atoms with E-state index in [2.05, 4.69) is 13.5 Å². The smallest absolute Gasteiger partial charge is 0.332 e. The number of allylic oxidation sites excluding steroid dienone is 1. The predicted molar refractivity (Wildman–Crippen MR) is 115 cm³/mol. The van der Waals surface area contributed by atoms with E-state index in [-0.39, 0.29) is 18.0 Å². The molecule has 4 rings (SSSR count). The van der Waals surface area contributed by atoms with Gasteiger partial charge in [0.25, 0.3) is 5.56 Å². The quantitative estimate of drug-likeness (QED) is 0.596. The monoisotopic (exact) mass is 411 g/mol. The van der Waals surface area contributed by atoms with E-state index < -0.39 is 5.69 Å². The number of aryl methyl sites for hydroxylation is 1. The van der Waals surface area contributed by atoms with Crippen LogP contribution in [-0.4, -0.2) is 39.4 Å². The highest BCUT2D eigenvalue weighted by Gasteiger charge is 2.31. The molecule has 1 aromatic carbocycles. The van der Waals surface area contributed by atoms with Gasteiger partial charge in [0.1, 0.15) is 11.5 Å². The van der Waals surface area contributed by atoms with Crippen molar-refractivity contribution in [1.82, 2.24) is 18.7 Å². The van der Waals surface area contributed by atoms with Crippen LogP contribution in [0, 0.1) is 5.92 Å². The summed E-state index contributed by atoms with van der Waals surface area (Å²) in [6.07, 6.45) is 1.54. The van der Waals surface area contributed by atoms with Crippen molar-refractivity contribution in [2.45, 2.75) is 20.0 Å². The largest absolute Gasteiger partial charge is 0.497 e. The van der Waals surface area contributed by atoms with Crippen LogP contribution in [0.4, 0.5) is 11.6 Å². The van der Waals surface area contributed by atoms with Crippen LogP contribution >= 0.6 is 0 Å². The molecule has 0 unspecified atom stereocenters. The van der Waals surface area contributed by atoms with Gasteiger partial charge < -0.3 is 18.9 Å². The molecule has 0 spiro atoms. The Morgan fingerprint density at radius 1 is 1.23 bits per heavy atom. The summed E-state index contributed by atoms with van der Waals surface area (Å²) < 4.78 is 15.5. The maximum Gasteiger partial charge on any atom is 0.332 e. The van der Waals surface area contributed by atoms with Crippen LogP contribution in [0.2, 0.25) is 0 Å². The number of hydrogen-bond acceptors (Lipinski definition) is 6. The number of hydrogen-bond donors (Lipinski definition) is 0. The summed E-state index contributed by atoms with van der Waals surface area (Å²) in [7, 11) is 4.85. The van der Waals surface area contributed by atoms with Crippen molar-refractivity contribution < 1.29 is 9.47 Å². The van der Waals surface area contributed by atoms with Crippen LogP contribution in [0.25, 0.3) is 11.2 Å². The molecule has 1 aliphatic heterocycles. The van der Waals surface area contributed by atoms with E-state index in [4.69, 9.17) is 14.5 Å². The van der Waals surface area contributed by atoms with E-state index in [1.165, 1.54) is 15.2 Å². The highest BCUT2D eigenvalue weighted by molar-refractivity contribution is 5.78. The number of anilines is 2. The number of aromatic nitrogens is 4. The number of benzene rings is 1. The molecule has 3 aromatic rings. The standard InChI is InChI=1S/C21H25N5O4/c1-6-9-24-19(27)17-18(23(3)21(24)28)22-20-25(11-13(2)12-26(17)20)15-10-14(29-4)7-8-16(15)30-5/h6-8,10,13H,1,9,11-12H2,2-5H3/t13-/m0/s1. The lowest BCUT2D eigenvalue weighted by Crippen LogP contribution is -2.40. The van der Waals surface area contributed by atoms with E-state index in [1.54, 1.807) is 21.3 Å². The van der Waals surface area contributed by atoms with E-state index in [0.717, 1.165) is 5.69 Å². The first-order valence-corrected chi connectivity index (χ1v) is 9.71. The summed E-state index contributed by atoms with van der Waals surface area (Å²) in [6.45, 7) is 7.21. The molecule has 1 atom stereocenters. The van der Waals surface area contributed by atoms with Crippen LogP contribution in [0.5, 0.6) is 11.5 Å². The average molecular weight is 411 g/mol. The van der Waals surface area contributed by atoms with Crippen LogP contribution < -0.4 is 25.6 Å². The zero-order chi connectivity index (χ0) is 21.6. The molecule has 0 fully saturated rings. The van der Waals surface area contributed by atoms with Crippen molar-refractivity contribution in [2.24, 2.45) is 13.0 Å². The normalized spacial score (nSPS) is 15.9. The van der Waals surface area contributed by atoms with Crippen molar-refractivity contribution in [2.75, 3.05) is 25.7 Å². The van der Waals surface area contributed by atoms with Crippen LogP contribution in [0.1, 0.15) is 6.92 Å². The fourth-order valence-electron chi connectivity index (χ4n) is 4.01. The first-order chi connectivity index (χ1) is 14.4. The van der Waals surface area contributed by atoms with Gasteiger partial charge in [-0.2, -0.15) is 4.98 Å². The van der Waals surface area contributed by atoms with Gasteiger partial charge in [0.2, 0.25) is 5.95 Å². The van der Waals surface area contributed by atoms with Crippen molar-refractivity contribution in [3.63, 3.8) is 0 Å². The molecule has 0 aliphatic carbocycles. The first kappa shape index (κ1) is 19.8. The Bertz CT molecular complexity index is 1250. The number of fused-ring (bicyclic) bond motifs is 3. The highest BCUT2D eigenvalue weighted by atomic mass is 16.5. The number of imidazole rings is 1. The molecular weight excluding hydrogens is 386 g/mol.